The average molecular weight is 439 g/mol. The van der Waals surface area contributed by atoms with Gasteiger partial charge in [0, 0.05) is 6.08 Å². The standard InChI is InChI=1S/C23H22N2O5S/c1-3-29-21(27)15-25-18-12-11-17(22(28)30-4-2)14-19(18)31-23(25)24-20(26)13-10-16-8-6-5-7-9-16/h5-14H,3-4,15H2,1-2H3/b13-10+,24-23?. The molecule has 31 heavy (non-hydrogen) atoms. The van der Waals surface area contributed by atoms with Crippen LogP contribution in [0.15, 0.2) is 59.6 Å². The summed E-state index contributed by atoms with van der Waals surface area (Å²) in [5.41, 5.74) is 1.94. The van der Waals surface area contributed by atoms with E-state index in [9.17, 15) is 14.4 Å². The highest BCUT2D eigenvalue weighted by Crippen LogP contribution is 2.20. The second-order valence-corrected chi connectivity index (χ2v) is 7.38. The molecule has 1 amide bonds. The van der Waals surface area contributed by atoms with Crippen LogP contribution in [-0.2, 0) is 25.6 Å². The monoisotopic (exact) mass is 438 g/mol. The minimum absolute atomic E-state index is 0.0961. The van der Waals surface area contributed by atoms with E-state index >= 15 is 0 Å². The molecule has 0 atom stereocenters. The lowest BCUT2D eigenvalue weighted by Gasteiger charge is -2.06. The van der Waals surface area contributed by atoms with Crippen molar-refractivity contribution in [1.82, 2.24) is 4.57 Å². The smallest absolute Gasteiger partial charge is 0.338 e. The predicted molar refractivity (Wildman–Crippen MR) is 118 cm³/mol. The molecular formula is C23H22N2O5S. The number of hydrogen-bond acceptors (Lipinski definition) is 6. The Hall–Kier alpha value is -3.52. The van der Waals surface area contributed by atoms with Crippen molar-refractivity contribution in [2.24, 2.45) is 4.99 Å². The molecule has 0 aliphatic rings. The van der Waals surface area contributed by atoms with E-state index in [0.717, 1.165) is 5.56 Å². The Morgan fingerprint density at radius 1 is 1.03 bits per heavy atom. The number of carbonyl (C=O) groups is 3. The minimum atomic E-state index is -0.460. The summed E-state index contributed by atoms with van der Waals surface area (Å²) in [4.78, 5) is 41.1. The largest absolute Gasteiger partial charge is 0.465 e. The number of amides is 1. The molecule has 0 unspecified atom stereocenters. The third-order valence-corrected chi connectivity index (χ3v) is 5.25. The molecular weight excluding hydrogens is 416 g/mol. The van der Waals surface area contributed by atoms with Crippen LogP contribution in [-0.4, -0.2) is 35.6 Å². The third-order valence-electron chi connectivity index (χ3n) is 4.21. The number of esters is 2. The van der Waals surface area contributed by atoms with Crippen molar-refractivity contribution < 1.29 is 23.9 Å². The van der Waals surface area contributed by atoms with Gasteiger partial charge in [-0.1, -0.05) is 41.7 Å². The Bertz CT molecular complexity index is 1190. The maximum absolute atomic E-state index is 12.4. The molecule has 3 aromatic rings. The van der Waals surface area contributed by atoms with Crippen LogP contribution in [0.4, 0.5) is 0 Å². The Balaban J connectivity index is 2.01. The van der Waals surface area contributed by atoms with E-state index < -0.39 is 17.8 Å². The normalized spacial score (nSPS) is 11.7. The number of nitrogens with zero attached hydrogens (tertiary/aromatic N) is 2. The van der Waals surface area contributed by atoms with Crippen LogP contribution in [0.5, 0.6) is 0 Å². The molecule has 1 aromatic heterocycles. The third kappa shape index (κ3) is 5.76. The number of hydrogen-bond donors (Lipinski definition) is 0. The van der Waals surface area contributed by atoms with Crippen molar-refractivity contribution in [3.05, 3.63) is 70.5 Å². The van der Waals surface area contributed by atoms with Gasteiger partial charge in [0.1, 0.15) is 6.54 Å². The number of rotatable bonds is 7. The fourth-order valence-corrected chi connectivity index (χ4v) is 3.93. The number of benzene rings is 2. The van der Waals surface area contributed by atoms with Crippen LogP contribution in [0, 0.1) is 0 Å². The first kappa shape index (κ1) is 22.2. The van der Waals surface area contributed by atoms with E-state index in [0.29, 0.717) is 20.6 Å². The van der Waals surface area contributed by atoms with Crippen molar-refractivity contribution in [3.63, 3.8) is 0 Å². The van der Waals surface area contributed by atoms with Crippen LogP contribution in [0.1, 0.15) is 29.8 Å². The SMILES string of the molecule is CCOC(=O)Cn1c(=NC(=O)/C=C/c2ccccc2)sc2cc(C(=O)OCC)ccc21. The van der Waals surface area contributed by atoms with E-state index in [2.05, 4.69) is 4.99 Å². The van der Waals surface area contributed by atoms with Gasteiger partial charge in [-0.2, -0.15) is 4.99 Å². The number of fused-ring (bicyclic) bond motifs is 1. The molecule has 0 N–H and O–H groups in total. The second kappa shape index (κ2) is 10.5. The van der Waals surface area contributed by atoms with Crippen LogP contribution < -0.4 is 4.80 Å². The first-order valence-electron chi connectivity index (χ1n) is 9.79. The average Bonchev–Trinajstić information content (AvgIpc) is 3.09. The lowest BCUT2D eigenvalue weighted by atomic mass is 10.2. The van der Waals surface area contributed by atoms with E-state index in [1.165, 1.54) is 17.4 Å². The van der Waals surface area contributed by atoms with Gasteiger partial charge < -0.3 is 14.0 Å². The van der Waals surface area contributed by atoms with Gasteiger partial charge in [-0.05, 0) is 43.7 Å². The summed E-state index contributed by atoms with van der Waals surface area (Å²) < 4.78 is 12.4. The van der Waals surface area contributed by atoms with Gasteiger partial charge in [0.25, 0.3) is 5.91 Å². The Kier molecular flexibility index (Phi) is 7.50. The van der Waals surface area contributed by atoms with Crippen LogP contribution in [0.25, 0.3) is 16.3 Å². The molecule has 8 heteroatoms. The zero-order chi connectivity index (χ0) is 22.2. The van der Waals surface area contributed by atoms with Crippen LogP contribution in [0.3, 0.4) is 0 Å². The van der Waals surface area contributed by atoms with Crippen molar-refractivity contribution in [2.45, 2.75) is 20.4 Å². The van der Waals surface area contributed by atoms with Crippen LogP contribution in [0.2, 0.25) is 0 Å². The molecule has 2 aromatic carbocycles. The molecule has 0 saturated carbocycles. The first-order valence-corrected chi connectivity index (χ1v) is 10.6. The number of thiazole rings is 1. The lowest BCUT2D eigenvalue weighted by molar-refractivity contribution is -0.143. The van der Waals surface area contributed by atoms with Gasteiger partial charge in [-0.3, -0.25) is 9.59 Å². The summed E-state index contributed by atoms with van der Waals surface area (Å²) in [5.74, 6) is -1.33. The number of ether oxygens (including phenoxy) is 2. The maximum atomic E-state index is 12.4. The Labute approximate surface area is 183 Å². The van der Waals surface area contributed by atoms with Gasteiger partial charge in [-0.15, -0.1) is 0 Å². The van der Waals surface area contributed by atoms with Gasteiger partial charge in [0.2, 0.25) is 0 Å². The summed E-state index contributed by atoms with van der Waals surface area (Å²) in [5, 5.41) is 0. The molecule has 0 aliphatic heterocycles. The quantitative estimate of drug-likeness (QED) is 0.416. The summed E-state index contributed by atoms with van der Waals surface area (Å²) in [7, 11) is 0. The molecule has 0 fully saturated rings. The molecule has 1 heterocycles. The van der Waals surface area contributed by atoms with Gasteiger partial charge in [0.05, 0.1) is 29.0 Å². The zero-order valence-corrected chi connectivity index (χ0v) is 18.1. The maximum Gasteiger partial charge on any atom is 0.338 e. The molecule has 0 bridgehead atoms. The van der Waals surface area contributed by atoms with Gasteiger partial charge in [-0.25, -0.2) is 4.79 Å². The molecule has 7 nitrogen and oxygen atoms in total. The van der Waals surface area contributed by atoms with Crippen molar-refractivity contribution in [1.29, 1.82) is 0 Å². The second-order valence-electron chi connectivity index (χ2n) is 6.37. The zero-order valence-electron chi connectivity index (χ0n) is 17.2. The summed E-state index contributed by atoms with van der Waals surface area (Å²) in [6, 6.07) is 14.4. The van der Waals surface area contributed by atoms with Crippen molar-refractivity contribution in [2.75, 3.05) is 13.2 Å². The highest BCUT2D eigenvalue weighted by atomic mass is 32.1. The Morgan fingerprint density at radius 3 is 2.48 bits per heavy atom. The molecule has 160 valence electrons. The summed E-state index contributed by atoms with van der Waals surface area (Å²) in [6.07, 6.45) is 3.05. The van der Waals surface area contributed by atoms with Crippen LogP contribution >= 0.6 is 11.3 Å². The topological polar surface area (TPSA) is 87.0 Å². The molecule has 0 aliphatic carbocycles. The van der Waals surface area contributed by atoms with E-state index in [1.54, 1.807) is 42.7 Å². The summed E-state index contributed by atoms with van der Waals surface area (Å²) in [6.45, 7) is 3.89. The number of carbonyl (C=O) groups excluding carboxylic acids is 3. The van der Waals surface area contributed by atoms with Gasteiger partial charge >= 0.3 is 11.9 Å². The molecule has 0 saturated heterocycles. The molecule has 0 spiro atoms. The Morgan fingerprint density at radius 2 is 1.77 bits per heavy atom. The fraction of sp³-hybridized carbons (Fsp3) is 0.217. The summed E-state index contributed by atoms with van der Waals surface area (Å²) >= 11 is 1.21. The predicted octanol–water partition coefficient (Wildman–Crippen LogP) is 3.58. The first-order chi connectivity index (χ1) is 15.0. The van der Waals surface area contributed by atoms with Gasteiger partial charge in [0.15, 0.2) is 4.80 Å². The fourth-order valence-electron chi connectivity index (χ4n) is 2.85. The molecule has 3 rings (SSSR count). The van der Waals surface area contributed by atoms with E-state index in [4.69, 9.17) is 9.47 Å². The van der Waals surface area contributed by atoms with E-state index in [1.807, 2.05) is 30.3 Å². The van der Waals surface area contributed by atoms with E-state index in [-0.39, 0.29) is 19.8 Å². The molecule has 0 radical (unpaired) electrons. The minimum Gasteiger partial charge on any atom is -0.465 e. The van der Waals surface area contributed by atoms with Crippen molar-refractivity contribution in [3.8, 4) is 0 Å². The highest BCUT2D eigenvalue weighted by Gasteiger charge is 2.14. The number of aromatic nitrogens is 1. The highest BCUT2D eigenvalue weighted by molar-refractivity contribution is 7.16. The van der Waals surface area contributed by atoms with Crippen molar-refractivity contribution >= 4 is 45.5 Å². The lowest BCUT2D eigenvalue weighted by Crippen LogP contribution is -2.22.